The van der Waals surface area contributed by atoms with E-state index in [9.17, 15) is 4.79 Å². The summed E-state index contributed by atoms with van der Waals surface area (Å²) in [6.07, 6.45) is 1.01. The first-order valence-corrected chi connectivity index (χ1v) is 10.8. The number of benzene rings is 1. The van der Waals surface area contributed by atoms with Crippen LogP contribution < -0.4 is 16.0 Å². The lowest BCUT2D eigenvalue weighted by atomic mass is 10.1. The Morgan fingerprint density at radius 3 is 2.52 bits per heavy atom. The van der Waals surface area contributed by atoms with E-state index in [1.165, 1.54) is 16.9 Å². The molecule has 8 heteroatoms. The highest BCUT2D eigenvalue weighted by atomic mass is 32.1. The molecule has 0 spiro atoms. The molecule has 0 aliphatic heterocycles. The van der Waals surface area contributed by atoms with Gasteiger partial charge in [0.1, 0.15) is 4.88 Å². The third-order valence-corrected chi connectivity index (χ3v) is 5.69. The van der Waals surface area contributed by atoms with Crippen molar-refractivity contribution in [3.8, 4) is 0 Å². The minimum absolute atomic E-state index is 0.0787. The minimum Gasteiger partial charge on any atom is -0.356 e. The third-order valence-electron chi connectivity index (χ3n) is 4.76. The van der Waals surface area contributed by atoms with E-state index in [0.717, 1.165) is 31.2 Å². The van der Waals surface area contributed by atoms with Crippen LogP contribution in [0.25, 0.3) is 0 Å². The number of aromatic nitrogens is 1. The number of aliphatic imine (C=N–C) groups is 1. The molecule has 1 aromatic carbocycles. The lowest BCUT2D eigenvalue weighted by Crippen LogP contribution is -2.43. The number of hydrogen-bond donors (Lipinski definition) is 3. The molecular weight excluding hydrogens is 384 g/mol. The van der Waals surface area contributed by atoms with Crippen molar-refractivity contribution < 1.29 is 4.79 Å². The molecule has 1 atom stereocenters. The van der Waals surface area contributed by atoms with Gasteiger partial charge in [-0.15, -0.1) is 11.3 Å². The Labute approximate surface area is 177 Å². The molecule has 0 aliphatic carbocycles. The van der Waals surface area contributed by atoms with Gasteiger partial charge in [-0.25, -0.2) is 4.98 Å². The summed E-state index contributed by atoms with van der Waals surface area (Å²) in [6, 6.07) is 11.0. The number of nitrogens with one attached hydrogen (secondary N) is 3. The first-order valence-electron chi connectivity index (χ1n) is 9.88. The highest BCUT2D eigenvalue weighted by Gasteiger charge is 2.11. The summed E-state index contributed by atoms with van der Waals surface area (Å²) in [4.78, 5) is 23.4. The summed E-state index contributed by atoms with van der Waals surface area (Å²) in [7, 11) is 3.90. The van der Waals surface area contributed by atoms with Crippen molar-refractivity contribution in [1.29, 1.82) is 0 Å². The van der Waals surface area contributed by atoms with E-state index in [1.807, 2.05) is 13.0 Å². The Bertz CT molecular complexity index is 776. The Balaban J connectivity index is 1.62. The molecule has 2 aromatic rings. The van der Waals surface area contributed by atoms with E-state index in [4.69, 9.17) is 0 Å². The maximum Gasteiger partial charge on any atom is 0.263 e. The van der Waals surface area contributed by atoms with Crippen molar-refractivity contribution >= 4 is 23.2 Å². The van der Waals surface area contributed by atoms with Gasteiger partial charge in [0, 0.05) is 39.3 Å². The first-order chi connectivity index (χ1) is 14.0. The van der Waals surface area contributed by atoms with Crippen LogP contribution in [0.15, 0.2) is 40.8 Å². The van der Waals surface area contributed by atoms with Crippen molar-refractivity contribution in [3.63, 3.8) is 0 Å². The van der Waals surface area contributed by atoms with Gasteiger partial charge in [0.05, 0.1) is 11.2 Å². The third kappa shape index (κ3) is 7.83. The molecule has 0 radical (unpaired) electrons. The Hall–Kier alpha value is -2.45. The molecule has 0 fully saturated rings. The molecule has 1 aromatic heterocycles. The molecule has 1 unspecified atom stereocenters. The number of nitrogens with zero attached hydrogens (tertiary/aromatic N) is 3. The zero-order valence-electron chi connectivity index (χ0n) is 17.7. The molecule has 158 valence electrons. The fraction of sp³-hybridized carbons (Fsp3) is 0.476. The van der Waals surface area contributed by atoms with Gasteiger partial charge in [-0.1, -0.05) is 30.3 Å². The van der Waals surface area contributed by atoms with Crippen LogP contribution in [0.2, 0.25) is 0 Å². The fourth-order valence-electron chi connectivity index (χ4n) is 2.82. The maximum absolute atomic E-state index is 12.1. The van der Waals surface area contributed by atoms with Gasteiger partial charge in [-0.2, -0.15) is 0 Å². The average molecular weight is 417 g/mol. The number of rotatable bonds is 10. The quantitative estimate of drug-likeness (QED) is 0.314. The molecule has 1 heterocycles. The van der Waals surface area contributed by atoms with Gasteiger partial charge in [-0.3, -0.25) is 14.7 Å². The monoisotopic (exact) mass is 416 g/mol. The minimum atomic E-state index is -0.0787. The number of aryl methyl sites for hydroxylation is 1. The van der Waals surface area contributed by atoms with Gasteiger partial charge in [0.15, 0.2) is 5.96 Å². The van der Waals surface area contributed by atoms with Crippen LogP contribution in [0.1, 0.15) is 34.3 Å². The summed E-state index contributed by atoms with van der Waals surface area (Å²) in [5.74, 6) is 0.663. The number of guanidine groups is 1. The topological polar surface area (TPSA) is 81.6 Å². The van der Waals surface area contributed by atoms with Crippen molar-refractivity contribution in [3.05, 3.63) is 52.0 Å². The molecule has 7 nitrogen and oxygen atoms in total. The zero-order valence-corrected chi connectivity index (χ0v) is 18.6. The Morgan fingerprint density at radius 2 is 1.86 bits per heavy atom. The van der Waals surface area contributed by atoms with E-state index >= 15 is 0 Å². The predicted molar refractivity (Wildman–Crippen MR) is 121 cm³/mol. The predicted octanol–water partition coefficient (Wildman–Crippen LogP) is 2.26. The van der Waals surface area contributed by atoms with Crippen LogP contribution >= 0.6 is 11.3 Å². The summed E-state index contributed by atoms with van der Waals surface area (Å²) in [5, 5.41) is 9.46. The van der Waals surface area contributed by atoms with Gasteiger partial charge < -0.3 is 16.0 Å². The normalized spacial score (nSPS) is 12.7. The van der Waals surface area contributed by atoms with Crippen LogP contribution in [-0.2, 0) is 6.54 Å². The van der Waals surface area contributed by atoms with Crippen LogP contribution in [0, 0.1) is 6.92 Å². The zero-order chi connectivity index (χ0) is 21.1. The Morgan fingerprint density at radius 1 is 1.17 bits per heavy atom. The van der Waals surface area contributed by atoms with Crippen LogP contribution in [0.5, 0.6) is 0 Å². The van der Waals surface area contributed by atoms with E-state index in [2.05, 4.69) is 69.1 Å². The SMILES string of the molecule is CN=C(NCCNC(=O)c1scnc1C)NCCC(C)N(C)Cc1ccccc1. The number of carbonyl (C=O) groups is 1. The fourth-order valence-corrected chi connectivity index (χ4v) is 3.54. The van der Waals surface area contributed by atoms with Crippen molar-refractivity contribution in [1.82, 2.24) is 25.8 Å². The molecule has 0 saturated carbocycles. The summed E-state index contributed by atoms with van der Waals surface area (Å²) < 4.78 is 0. The lowest BCUT2D eigenvalue weighted by molar-refractivity contribution is 0.0957. The second kappa shape index (κ2) is 12.2. The van der Waals surface area contributed by atoms with Crippen molar-refractivity contribution in [2.24, 2.45) is 4.99 Å². The molecule has 0 aliphatic rings. The van der Waals surface area contributed by atoms with E-state index in [1.54, 1.807) is 12.6 Å². The van der Waals surface area contributed by atoms with Gasteiger partial charge in [0.25, 0.3) is 5.91 Å². The van der Waals surface area contributed by atoms with Crippen LogP contribution in [-0.4, -0.2) is 61.5 Å². The molecule has 29 heavy (non-hydrogen) atoms. The Kier molecular flexibility index (Phi) is 9.59. The summed E-state index contributed by atoms with van der Waals surface area (Å²) in [6.45, 7) is 6.96. The van der Waals surface area contributed by atoms with E-state index in [0.29, 0.717) is 24.0 Å². The number of amides is 1. The molecule has 0 bridgehead atoms. The summed E-state index contributed by atoms with van der Waals surface area (Å²) >= 11 is 1.36. The van der Waals surface area contributed by atoms with E-state index in [-0.39, 0.29) is 5.91 Å². The summed E-state index contributed by atoms with van der Waals surface area (Å²) in [5.41, 5.74) is 3.78. The molecule has 0 saturated heterocycles. The molecule has 1 amide bonds. The number of hydrogen-bond acceptors (Lipinski definition) is 5. The van der Waals surface area contributed by atoms with Crippen LogP contribution in [0.3, 0.4) is 0 Å². The van der Waals surface area contributed by atoms with Crippen molar-refractivity contribution in [2.75, 3.05) is 33.7 Å². The van der Waals surface area contributed by atoms with Crippen LogP contribution in [0.4, 0.5) is 0 Å². The van der Waals surface area contributed by atoms with E-state index < -0.39 is 0 Å². The number of carbonyl (C=O) groups excluding carboxylic acids is 1. The lowest BCUT2D eigenvalue weighted by Gasteiger charge is -2.25. The average Bonchev–Trinajstić information content (AvgIpc) is 3.16. The molecule has 3 N–H and O–H groups in total. The second-order valence-electron chi connectivity index (χ2n) is 6.99. The highest BCUT2D eigenvalue weighted by molar-refractivity contribution is 7.11. The van der Waals surface area contributed by atoms with Gasteiger partial charge in [0.2, 0.25) is 0 Å². The second-order valence-corrected chi connectivity index (χ2v) is 7.84. The molecule has 2 rings (SSSR count). The van der Waals surface area contributed by atoms with Crippen molar-refractivity contribution in [2.45, 2.75) is 32.9 Å². The van der Waals surface area contributed by atoms with Gasteiger partial charge >= 0.3 is 0 Å². The number of thiazole rings is 1. The largest absolute Gasteiger partial charge is 0.356 e. The molecular formula is C21H32N6OS. The first kappa shape index (κ1) is 22.8. The van der Waals surface area contributed by atoms with Gasteiger partial charge in [-0.05, 0) is 32.9 Å². The standard InChI is InChI=1S/C21H32N6OS/c1-16(27(4)14-18-8-6-5-7-9-18)10-11-24-21(22-3)25-13-12-23-20(28)19-17(2)26-15-29-19/h5-9,15-16H,10-14H2,1-4H3,(H,23,28)(H2,22,24,25). The maximum atomic E-state index is 12.1. The highest BCUT2D eigenvalue weighted by Crippen LogP contribution is 2.11. The smallest absolute Gasteiger partial charge is 0.263 e.